The van der Waals surface area contributed by atoms with Crippen molar-refractivity contribution in [3.63, 3.8) is 0 Å². The van der Waals surface area contributed by atoms with Gasteiger partial charge in [-0.3, -0.25) is 4.79 Å². The molecule has 0 radical (unpaired) electrons. The van der Waals surface area contributed by atoms with E-state index in [1.165, 1.54) is 24.2 Å². The zero-order chi connectivity index (χ0) is 15.2. The van der Waals surface area contributed by atoms with Crippen molar-refractivity contribution < 1.29 is 9.53 Å². The average Bonchev–Trinajstić information content (AvgIpc) is 3.24. The number of nitrogens with one attached hydrogen (secondary N) is 1. The maximum Gasteiger partial charge on any atom is 0.263 e. The molecular formula is C16H20N2O2S. The third-order valence-electron chi connectivity index (χ3n) is 4.17. The average molecular weight is 304 g/mol. The highest BCUT2D eigenvalue weighted by molar-refractivity contribution is 7.21. The van der Waals surface area contributed by atoms with Gasteiger partial charge in [-0.1, -0.05) is 6.07 Å². The first kappa shape index (κ1) is 14.2. The number of anilines is 1. The maximum absolute atomic E-state index is 12.6. The maximum atomic E-state index is 12.6. The minimum atomic E-state index is -0.177. The van der Waals surface area contributed by atoms with Crippen LogP contribution in [0.15, 0.2) is 18.2 Å². The van der Waals surface area contributed by atoms with Crippen molar-refractivity contribution in [2.75, 3.05) is 12.8 Å². The molecule has 21 heavy (non-hydrogen) atoms. The highest BCUT2D eigenvalue weighted by atomic mass is 32.1. The lowest BCUT2D eigenvalue weighted by Crippen LogP contribution is -2.45. The lowest BCUT2D eigenvalue weighted by atomic mass is 9.98. The van der Waals surface area contributed by atoms with Crippen LogP contribution in [0.25, 0.3) is 10.1 Å². The van der Waals surface area contributed by atoms with Gasteiger partial charge in [0, 0.05) is 10.2 Å². The molecular weight excluding hydrogens is 284 g/mol. The molecule has 0 spiro atoms. The van der Waals surface area contributed by atoms with E-state index in [-0.39, 0.29) is 11.4 Å². The Morgan fingerprint density at radius 1 is 1.43 bits per heavy atom. The van der Waals surface area contributed by atoms with Crippen LogP contribution in [0, 0.1) is 5.92 Å². The van der Waals surface area contributed by atoms with Gasteiger partial charge in [-0.2, -0.15) is 0 Å². The summed E-state index contributed by atoms with van der Waals surface area (Å²) < 4.78 is 6.32. The zero-order valence-corrected chi connectivity index (χ0v) is 13.3. The molecule has 4 nitrogen and oxygen atoms in total. The third kappa shape index (κ3) is 2.46. The Labute approximate surface area is 128 Å². The molecule has 1 aliphatic rings. The number of hydrogen-bond donors (Lipinski definition) is 2. The lowest BCUT2D eigenvalue weighted by Gasteiger charge is -2.25. The Hall–Kier alpha value is -1.75. The third-order valence-corrected chi connectivity index (χ3v) is 5.34. The van der Waals surface area contributed by atoms with Crippen LogP contribution in [-0.2, 0) is 0 Å². The molecule has 1 fully saturated rings. The molecule has 5 heteroatoms. The summed E-state index contributed by atoms with van der Waals surface area (Å²) in [5.74, 6) is 1.20. The Balaban J connectivity index is 1.97. The molecule has 1 aromatic heterocycles. The summed E-state index contributed by atoms with van der Waals surface area (Å²) in [4.78, 5) is 13.1. The molecule has 2 aromatic rings. The minimum Gasteiger partial charge on any atom is -0.496 e. The normalized spacial score (nSPS) is 15.2. The topological polar surface area (TPSA) is 64.3 Å². The monoisotopic (exact) mass is 304 g/mol. The molecule has 1 amide bonds. The first-order valence-electron chi connectivity index (χ1n) is 7.11. The van der Waals surface area contributed by atoms with Crippen LogP contribution < -0.4 is 15.8 Å². The fourth-order valence-corrected chi connectivity index (χ4v) is 3.77. The molecule has 1 saturated carbocycles. The Bertz CT molecular complexity index is 702. The van der Waals surface area contributed by atoms with E-state index in [0.29, 0.717) is 22.2 Å². The number of benzene rings is 1. The highest BCUT2D eigenvalue weighted by Gasteiger charge is 2.39. The smallest absolute Gasteiger partial charge is 0.263 e. The molecule has 1 aliphatic carbocycles. The van der Waals surface area contributed by atoms with Gasteiger partial charge >= 0.3 is 0 Å². The molecule has 0 atom stereocenters. The van der Waals surface area contributed by atoms with Gasteiger partial charge in [-0.15, -0.1) is 11.3 Å². The van der Waals surface area contributed by atoms with E-state index in [2.05, 4.69) is 19.2 Å². The van der Waals surface area contributed by atoms with E-state index < -0.39 is 0 Å². The number of rotatable bonds is 4. The number of hydrogen-bond acceptors (Lipinski definition) is 4. The van der Waals surface area contributed by atoms with Crippen LogP contribution in [-0.4, -0.2) is 18.6 Å². The standard InChI is InChI=1S/C16H20N2O2S/c1-16(2,9-7-8-9)18-15(19)14-13(17)12-10(20-3)5-4-6-11(12)21-14/h4-6,9H,7-8,17H2,1-3H3,(H,18,19). The number of thiophene rings is 1. The first-order chi connectivity index (χ1) is 9.94. The van der Waals surface area contributed by atoms with Gasteiger partial charge in [0.15, 0.2) is 0 Å². The summed E-state index contributed by atoms with van der Waals surface area (Å²) >= 11 is 1.42. The Kier molecular flexibility index (Phi) is 3.32. The van der Waals surface area contributed by atoms with Crippen molar-refractivity contribution in [3.8, 4) is 5.75 Å². The quantitative estimate of drug-likeness (QED) is 0.909. The predicted molar refractivity (Wildman–Crippen MR) is 87.1 cm³/mol. The Morgan fingerprint density at radius 2 is 2.14 bits per heavy atom. The molecule has 0 saturated heterocycles. The van der Waals surface area contributed by atoms with Crippen LogP contribution in [0.2, 0.25) is 0 Å². The van der Waals surface area contributed by atoms with E-state index in [1.807, 2.05) is 18.2 Å². The molecule has 0 aliphatic heterocycles. The van der Waals surface area contributed by atoms with Gasteiger partial charge in [0.05, 0.1) is 18.2 Å². The molecule has 112 valence electrons. The number of nitrogens with two attached hydrogens (primary N) is 1. The fraction of sp³-hybridized carbons (Fsp3) is 0.438. The Morgan fingerprint density at radius 3 is 2.76 bits per heavy atom. The van der Waals surface area contributed by atoms with Crippen molar-refractivity contribution >= 4 is 33.0 Å². The van der Waals surface area contributed by atoms with Gasteiger partial charge in [0.25, 0.3) is 5.91 Å². The van der Waals surface area contributed by atoms with Crippen LogP contribution >= 0.6 is 11.3 Å². The van der Waals surface area contributed by atoms with Crippen LogP contribution in [0.4, 0.5) is 5.69 Å². The zero-order valence-electron chi connectivity index (χ0n) is 12.5. The van der Waals surface area contributed by atoms with E-state index in [4.69, 9.17) is 10.5 Å². The summed E-state index contributed by atoms with van der Waals surface area (Å²) in [6.07, 6.45) is 2.37. The SMILES string of the molecule is COc1cccc2sc(C(=O)NC(C)(C)C3CC3)c(N)c12. The second kappa shape index (κ2) is 4.91. The van der Waals surface area contributed by atoms with Gasteiger partial charge in [-0.25, -0.2) is 0 Å². The van der Waals surface area contributed by atoms with E-state index in [9.17, 15) is 4.79 Å². The number of carbonyl (C=O) groups excluding carboxylic acids is 1. The molecule has 0 bridgehead atoms. The number of methoxy groups -OCH3 is 1. The van der Waals surface area contributed by atoms with Crippen molar-refractivity contribution in [1.29, 1.82) is 0 Å². The summed E-state index contributed by atoms with van der Waals surface area (Å²) in [5.41, 5.74) is 6.53. The number of fused-ring (bicyclic) bond motifs is 1. The van der Waals surface area contributed by atoms with E-state index >= 15 is 0 Å². The minimum absolute atomic E-state index is 0.0901. The van der Waals surface area contributed by atoms with Crippen molar-refractivity contribution in [3.05, 3.63) is 23.1 Å². The number of nitrogen functional groups attached to an aromatic ring is 1. The lowest BCUT2D eigenvalue weighted by molar-refractivity contribution is 0.0908. The largest absolute Gasteiger partial charge is 0.496 e. The summed E-state index contributed by atoms with van der Waals surface area (Å²) in [5, 5.41) is 3.96. The summed E-state index contributed by atoms with van der Waals surface area (Å²) in [7, 11) is 1.61. The molecule has 3 N–H and O–H groups in total. The first-order valence-corrected chi connectivity index (χ1v) is 7.93. The second-order valence-corrected chi connectivity index (χ2v) is 7.18. The van der Waals surface area contributed by atoms with Gasteiger partial charge in [-0.05, 0) is 44.7 Å². The fourth-order valence-electron chi connectivity index (χ4n) is 2.74. The number of carbonyl (C=O) groups is 1. The predicted octanol–water partition coefficient (Wildman–Crippen LogP) is 3.41. The second-order valence-electron chi connectivity index (χ2n) is 6.13. The van der Waals surface area contributed by atoms with E-state index in [0.717, 1.165) is 10.1 Å². The van der Waals surface area contributed by atoms with Gasteiger partial charge in [0.1, 0.15) is 10.6 Å². The van der Waals surface area contributed by atoms with Crippen molar-refractivity contribution in [1.82, 2.24) is 5.32 Å². The van der Waals surface area contributed by atoms with Crippen LogP contribution in [0.3, 0.4) is 0 Å². The molecule has 1 aromatic carbocycles. The van der Waals surface area contributed by atoms with Crippen LogP contribution in [0.1, 0.15) is 36.4 Å². The number of ether oxygens (including phenoxy) is 1. The summed E-state index contributed by atoms with van der Waals surface area (Å²) in [6, 6.07) is 5.73. The van der Waals surface area contributed by atoms with Crippen molar-refractivity contribution in [2.45, 2.75) is 32.2 Å². The molecule has 1 heterocycles. The van der Waals surface area contributed by atoms with Crippen LogP contribution in [0.5, 0.6) is 5.75 Å². The highest BCUT2D eigenvalue weighted by Crippen LogP contribution is 2.41. The van der Waals surface area contributed by atoms with Gasteiger partial charge in [0.2, 0.25) is 0 Å². The van der Waals surface area contributed by atoms with Gasteiger partial charge < -0.3 is 15.8 Å². The number of amides is 1. The molecule has 0 unspecified atom stereocenters. The van der Waals surface area contributed by atoms with E-state index in [1.54, 1.807) is 7.11 Å². The molecule has 3 rings (SSSR count). The summed E-state index contributed by atoms with van der Waals surface area (Å²) in [6.45, 7) is 4.15. The van der Waals surface area contributed by atoms with Crippen molar-refractivity contribution in [2.24, 2.45) is 5.92 Å².